The lowest BCUT2D eigenvalue weighted by Crippen LogP contribution is -2.47. The van der Waals surface area contributed by atoms with E-state index in [2.05, 4.69) is 27.1 Å². The first-order chi connectivity index (χ1) is 11.1. The Kier molecular flexibility index (Phi) is 3.54. The zero-order chi connectivity index (χ0) is 16.0. The summed E-state index contributed by atoms with van der Waals surface area (Å²) in [4.78, 5) is 14.0. The Morgan fingerprint density at radius 3 is 2.78 bits per heavy atom. The third-order valence-corrected chi connectivity index (χ3v) is 5.07. The number of benzene rings is 1. The average molecular weight is 331 g/mol. The van der Waals surface area contributed by atoms with Crippen LogP contribution in [0.2, 0.25) is 0 Å². The molecular formula is C16H18FN5S. The fourth-order valence-corrected chi connectivity index (χ4v) is 3.72. The smallest absolute Gasteiger partial charge is 0.158 e. The predicted octanol–water partition coefficient (Wildman–Crippen LogP) is 2.97. The van der Waals surface area contributed by atoms with Gasteiger partial charge in [-0.15, -0.1) is 11.3 Å². The van der Waals surface area contributed by atoms with Gasteiger partial charge in [0, 0.05) is 32.2 Å². The summed E-state index contributed by atoms with van der Waals surface area (Å²) in [6.45, 7) is 5.77. The standard InChI is InChI=1S/C16H18FN5S/c1-10-18-14-15(22-7-5-21(2)6-8-22)19-13-9-11(17)3-4-12(13)20-16(14)23-10/h3-4,9,20H,5-8H2,1-2H3. The number of thiazole rings is 1. The van der Waals surface area contributed by atoms with Gasteiger partial charge < -0.3 is 15.1 Å². The largest absolute Gasteiger partial charge is 0.352 e. The molecule has 5 nitrogen and oxygen atoms in total. The first-order valence-electron chi connectivity index (χ1n) is 7.67. The lowest BCUT2D eigenvalue weighted by atomic mass is 10.2. The van der Waals surface area contributed by atoms with Crippen molar-refractivity contribution in [1.82, 2.24) is 14.8 Å². The van der Waals surface area contributed by atoms with Crippen molar-refractivity contribution in [2.24, 2.45) is 4.99 Å². The van der Waals surface area contributed by atoms with Crippen molar-refractivity contribution < 1.29 is 4.39 Å². The summed E-state index contributed by atoms with van der Waals surface area (Å²) in [5, 5.41) is 5.34. The number of fused-ring (bicyclic) bond motifs is 2. The summed E-state index contributed by atoms with van der Waals surface area (Å²) in [5.74, 6) is 0.565. The molecule has 1 aromatic heterocycles. The van der Waals surface area contributed by atoms with Crippen molar-refractivity contribution in [3.8, 4) is 0 Å². The van der Waals surface area contributed by atoms with Gasteiger partial charge in [-0.25, -0.2) is 14.4 Å². The number of aliphatic imine (C=N–C) groups is 1. The molecule has 1 N–H and O–H groups in total. The number of aromatic nitrogens is 1. The number of hydrogen-bond donors (Lipinski definition) is 1. The zero-order valence-corrected chi connectivity index (χ0v) is 14.0. The minimum absolute atomic E-state index is 0.276. The number of piperazine rings is 1. The molecule has 0 unspecified atom stereocenters. The highest BCUT2D eigenvalue weighted by molar-refractivity contribution is 7.16. The normalized spacial score (nSPS) is 17.9. The van der Waals surface area contributed by atoms with E-state index in [0.717, 1.165) is 53.4 Å². The summed E-state index contributed by atoms with van der Waals surface area (Å²) in [6.07, 6.45) is 0. The van der Waals surface area contributed by atoms with Crippen molar-refractivity contribution in [2.75, 3.05) is 38.5 Å². The van der Waals surface area contributed by atoms with Crippen LogP contribution in [0.15, 0.2) is 23.2 Å². The van der Waals surface area contributed by atoms with Crippen molar-refractivity contribution >= 4 is 33.5 Å². The van der Waals surface area contributed by atoms with Gasteiger partial charge in [-0.2, -0.15) is 0 Å². The minimum atomic E-state index is -0.276. The third kappa shape index (κ3) is 2.70. The number of nitrogens with zero attached hydrogens (tertiary/aromatic N) is 4. The molecule has 3 heterocycles. The SMILES string of the molecule is Cc1nc2c(s1)Nc1ccc(F)cc1N=C2N1CCN(C)CC1. The fourth-order valence-electron chi connectivity index (χ4n) is 2.89. The van der Waals surface area contributed by atoms with Crippen LogP contribution in [-0.4, -0.2) is 53.8 Å². The molecule has 120 valence electrons. The van der Waals surface area contributed by atoms with Crippen molar-refractivity contribution in [3.05, 3.63) is 34.7 Å². The summed E-state index contributed by atoms with van der Waals surface area (Å²) in [6, 6.07) is 4.66. The van der Waals surface area contributed by atoms with Gasteiger partial charge in [0.25, 0.3) is 0 Å². The second-order valence-electron chi connectivity index (χ2n) is 5.92. The van der Waals surface area contributed by atoms with Gasteiger partial charge in [-0.05, 0) is 26.1 Å². The second kappa shape index (κ2) is 5.58. The summed E-state index contributed by atoms with van der Waals surface area (Å²) < 4.78 is 13.6. The Balaban J connectivity index is 1.82. The van der Waals surface area contributed by atoms with Crippen LogP contribution in [0.1, 0.15) is 10.7 Å². The quantitative estimate of drug-likeness (QED) is 0.806. The van der Waals surface area contributed by atoms with Crippen LogP contribution in [0.3, 0.4) is 0 Å². The van der Waals surface area contributed by atoms with Crippen LogP contribution in [0.5, 0.6) is 0 Å². The number of nitrogens with one attached hydrogen (secondary N) is 1. The molecule has 0 radical (unpaired) electrons. The average Bonchev–Trinajstić information content (AvgIpc) is 2.82. The molecule has 0 spiro atoms. The van der Waals surface area contributed by atoms with Crippen LogP contribution < -0.4 is 5.32 Å². The van der Waals surface area contributed by atoms with Crippen LogP contribution in [0.4, 0.5) is 20.8 Å². The summed E-state index contributed by atoms with van der Waals surface area (Å²) in [5.41, 5.74) is 2.32. The van der Waals surface area contributed by atoms with Crippen LogP contribution in [-0.2, 0) is 0 Å². The molecule has 2 aliphatic heterocycles. The highest BCUT2D eigenvalue weighted by atomic mass is 32.1. The highest BCUT2D eigenvalue weighted by Gasteiger charge is 2.26. The van der Waals surface area contributed by atoms with Crippen LogP contribution in [0.25, 0.3) is 0 Å². The molecule has 1 aromatic carbocycles. The topological polar surface area (TPSA) is 43.8 Å². The second-order valence-corrected chi connectivity index (χ2v) is 7.13. The number of likely N-dealkylation sites (N-methyl/N-ethyl adjacent to an activating group) is 1. The Morgan fingerprint density at radius 2 is 2.00 bits per heavy atom. The number of hydrogen-bond acceptors (Lipinski definition) is 6. The zero-order valence-electron chi connectivity index (χ0n) is 13.1. The Morgan fingerprint density at radius 1 is 1.22 bits per heavy atom. The number of rotatable bonds is 0. The van der Waals surface area contributed by atoms with Gasteiger partial charge in [0.05, 0.1) is 16.4 Å². The number of halogens is 1. The number of amidine groups is 1. The molecule has 2 aromatic rings. The van der Waals surface area contributed by atoms with Crippen molar-refractivity contribution in [1.29, 1.82) is 0 Å². The maximum Gasteiger partial charge on any atom is 0.158 e. The molecule has 4 rings (SSSR count). The molecule has 0 atom stereocenters. The van der Waals surface area contributed by atoms with E-state index in [1.165, 1.54) is 12.1 Å². The first-order valence-corrected chi connectivity index (χ1v) is 8.48. The minimum Gasteiger partial charge on any atom is -0.352 e. The molecule has 0 bridgehead atoms. The van der Waals surface area contributed by atoms with E-state index in [1.807, 2.05) is 6.92 Å². The lowest BCUT2D eigenvalue weighted by molar-refractivity contribution is 0.215. The lowest BCUT2D eigenvalue weighted by Gasteiger charge is -2.34. The first kappa shape index (κ1) is 14.6. The van der Waals surface area contributed by atoms with Gasteiger partial charge in [0.2, 0.25) is 0 Å². The molecular weight excluding hydrogens is 313 g/mol. The molecule has 0 saturated carbocycles. The van der Waals surface area contributed by atoms with Crippen molar-refractivity contribution in [3.63, 3.8) is 0 Å². The predicted molar refractivity (Wildman–Crippen MR) is 91.8 cm³/mol. The van der Waals surface area contributed by atoms with E-state index in [-0.39, 0.29) is 5.82 Å². The molecule has 1 saturated heterocycles. The van der Waals surface area contributed by atoms with E-state index < -0.39 is 0 Å². The van der Waals surface area contributed by atoms with Gasteiger partial charge in [-0.3, -0.25) is 0 Å². The molecule has 0 amide bonds. The molecule has 23 heavy (non-hydrogen) atoms. The fraction of sp³-hybridized carbons (Fsp3) is 0.375. The third-order valence-electron chi connectivity index (χ3n) is 4.18. The summed E-state index contributed by atoms with van der Waals surface area (Å²) >= 11 is 1.61. The Labute approximate surface area is 138 Å². The van der Waals surface area contributed by atoms with Crippen LogP contribution in [0, 0.1) is 12.7 Å². The molecule has 1 fully saturated rings. The van der Waals surface area contributed by atoms with E-state index >= 15 is 0 Å². The van der Waals surface area contributed by atoms with Gasteiger partial charge in [0.1, 0.15) is 16.5 Å². The Bertz CT molecular complexity index is 777. The highest BCUT2D eigenvalue weighted by Crippen LogP contribution is 2.38. The maximum atomic E-state index is 13.6. The van der Waals surface area contributed by atoms with E-state index in [0.29, 0.717) is 5.69 Å². The molecule has 7 heteroatoms. The molecule has 0 aliphatic carbocycles. The number of aryl methyl sites for hydroxylation is 1. The van der Waals surface area contributed by atoms with Crippen LogP contribution >= 0.6 is 11.3 Å². The van der Waals surface area contributed by atoms with E-state index in [9.17, 15) is 4.39 Å². The van der Waals surface area contributed by atoms with Gasteiger partial charge in [-0.1, -0.05) is 0 Å². The summed E-state index contributed by atoms with van der Waals surface area (Å²) in [7, 11) is 2.12. The monoisotopic (exact) mass is 331 g/mol. The maximum absolute atomic E-state index is 13.6. The van der Waals surface area contributed by atoms with Gasteiger partial charge >= 0.3 is 0 Å². The Hall–Kier alpha value is -1.99. The number of anilines is 2. The van der Waals surface area contributed by atoms with Crippen molar-refractivity contribution in [2.45, 2.75) is 6.92 Å². The van der Waals surface area contributed by atoms with Gasteiger partial charge in [0.15, 0.2) is 5.84 Å². The van der Waals surface area contributed by atoms with E-state index in [1.54, 1.807) is 17.4 Å². The molecule has 2 aliphatic rings. The van der Waals surface area contributed by atoms with E-state index in [4.69, 9.17) is 4.99 Å².